The largest absolute Gasteiger partial charge is 0.416 e. The molecule has 9 heteroatoms. The fraction of sp³-hybridized carbons (Fsp3) is 0.600. The highest BCUT2D eigenvalue weighted by Gasteiger charge is 2.34. The Morgan fingerprint density at radius 2 is 1.97 bits per heavy atom. The normalized spacial score (nSPS) is 17.6. The van der Waals surface area contributed by atoms with Gasteiger partial charge in [-0.25, -0.2) is 0 Å². The molecule has 1 unspecified atom stereocenters. The standard InChI is InChI=1S/C20H28BrF3N4O/c1-4-27(2)9-10-28(3)13-15-6-5-14(11-17(15)20(22,23)24)19(29)26-18-12-16(21)7-8-25-18/h5-6,11,16H,4,7-10,12-13H2,1-3H3,(H,25,26,29). The Hall–Kier alpha value is -1.45. The van der Waals surface area contributed by atoms with Crippen LogP contribution >= 0.6 is 15.9 Å². The monoisotopic (exact) mass is 476 g/mol. The lowest BCUT2D eigenvalue weighted by molar-refractivity contribution is -0.138. The smallest absolute Gasteiger partial charge is 0.310 e. The molecule has 29 heavy (non-hydrogen) atoms. The van der Waals surface area contributed by atoms with Crippen LogP contribution in [0.1, 0.15) is 41.3 Å². The Kier molecular flexibility index (Phi) is 8.66. The molecule has 1 amide bonds. The van der Waals surface area contributed by atoms with Gasteiger partial charge >= 0.3 is 6.18 Å². The first kappa shape index (κ1) is 23.8. The van der Waals surface area contributed by atoms with E-state index in [0.717, 1.165) is 25.6 Å². The van der Waals surface area contributed by atoms with E-state index in [9.17, 15) is 18.0 Å². The molecule has 1 aromatic carbocycles. The van der Waals surface area contributed by atoms with Crippen molar-refractivity contribution in [2.45, 2.75) is 37.3 Å². The van der Waals surface area contributed by atoms with Gasteiger partial charge in [-0.2, -0.15) is 13.2 Å². The van der Waals surface area contributed by atoms with Crippen molar-refractivity contribution in [3.8, 4) is 0 Å². The summed E-state index contributed by atoms with van der Waals surface area (Å²) < 4.78 is 40.9. The van der Waals surface area contributed by atoms with Crippen molar-refractivity contribution >= 4 is 27.7 Å². The fourth-order valence-electron chi connectivity index (χ4n) is 3.00. The second kappa shape index (κ2) is 10.5. The average molecular weight is 477 g/mol. The number of aliphatic imine (C=N–C) groups is 1. The number of carbonyl (C=O) groups excluding carboxylic acids is 1. The predicted octanol–water partition coefficient (Wildman–Crippen LogP) is 3.77. The number of nitrogens with one attached hydrogen (secondary N) is 1. The van der Waals surface area contributed by atoms with E-state index < -0.39 is 17.6 Å². The molecule has 0 aromatic heterocycles. The SMILES string of the molecule is CCN(C)CCN(C)Cc1ccc(C(=O)NC2=NCCC(Br)C2)cc1C(F)(F)F. The van der Waals surface area contributed by atoms with E-state index in [1.54, 1.807) is 7.05 Å². The molecule has 0 saturated carbocycles. The van der Waals surface area contributed by atoms with Gasteiger partial charge in [0.15, 0.2) is 0 Å². The lowest BCUT2D eigenvalue weighted by Crippen LogP contribution is -2.35. The highest BCUT2D eigenvalue weighted by Crippen LogP contribution is 2.33. The minimum absolute atomic E-state index is 0.0196. The maximum Gasteiger partial charge on any atom is 0.416 e. The van der Waals surface area contributed by atoms with Crippen LogP contribution in [0.3, 0.4) is 0 Å². The molecule has 2 rings (SSSR count). The molecule has 5 nitrogen and oxygen atoms in total. The molecule has 162 valence electrons. The lowest BCUT2D eigenvalue weighted by atomic mass is 10.0. The van der Waals surface area contributed by atoms with Crippen molar-refractivity contribution in [1.82, 2.24) is 15.1 Å². The molecule has 1 aliphatic rings. The van der Waals surface area contributed by atoms with Crippen LogP contribution in [0.5, 0.6) is 0 Å². The van der Waals surface area contributed by atoms with Gasteiger partial charge in [0.1, 0.15) is 5.84 Å². The first-order chi connectivity index (χ1) is 13.6. The van der Waals surface area contributed by atoms with Gasteiger partial charge in [-0.1, -0.05) is 28.9 Å². The van der Waals surface area contributed by atoms with Gasteiger partial charge in [0.05, 0.1) is 5.56 Å². The number of hydrogen-bond acceptors (Lipinski definition) is 4. The summed E-state index contributed by atoms with van der Waals surface area (Å²) >= 11 is 3.48. The van der Waals surface area contributed by atoms with E-state index >= 15 is 0 Å². The quantitative estimate of drug-likeness (QED) is 0.609. The zero-order chi connectivity index (χ0) is 21.6. The van der Waals surface area contributed by atoms with Gasteiger partial charge in [-0.3, -0.25) is 9.79 Å². The van der Waals surface area contributed by atoms with Crippen molar-refractivity contribution in [3.05, 3.63) is 34.9 Å². The van der Waals surface area contributed by atoms with Gasteiger partial charge < -0.3 is 15.1 Å². The number of amides is 1. The van der Waals surface area contributed by atoms with E-state index in [-0.39, 0.29) is 22.5 Å². The summed E-state index contributed by atoms with van der Waals surface area (Å²) in [6, 6.07) is 3.78. The highest BCUT2D eigenvalue weighted by atomic mass is 79.9. The number of carbonyl (C=O) groups is 1. The first-order valence-electron chi connectivity index (χ1n) is 9.66. The zero-order valence-corrected chi connectivity index (χ0v) is 18.6. The molecule has 1 aliphatic heterocycles. The summed E-state index contributed by atoms with van der Waals surface area (Å²) in [6.07, 6.45) is -3.11. The predicted molar refractivity (Wildman–Crippen MR) is 113 cm³/mol. The van der Waals surface area contributed by atoms with Crippen molar-refractivity contribution in [1.29, 1.82) is 0 Å². The molecule has 1 N–H and O–H groups in total. The van der Waals surface area contributed by atoms with Crippen molar-refractivity contribution < 1.29 is 18.0 Å². The first-order valence-corrected chi connectivity index (χ1v) is 10.6. The molecular formula is C20H28BrF3N4O. The van der Waals surface area contributed by atoms with Gasteiger partial charge in [0.25, 0.3) is 5.91 Å². The Morgan fingerprint density at radius 1 is 1.28 bits per heavy atom. The minimum atomic E-state index is -4.53. The molecule has 0 spiro atoms. The van der Waals surface area contributed by atoms with Crippen molar-refractivity contribution in [2.24, 2.45) is 4.99 Å². The van der Waals surface area contributed by atoms with Gasteiger partial charge in [-0.05, 0) is 44.8 Å². The van der Waals surface area contributed by atoms with Crippen LogP contribution < -0.4 is 5.32 Å². The number of halogens is 4. The molecule has 0 radical (unpaired) electrons. The summed E-state index contributed by atoms with van der Waals surface area (Å²) in [5.41, 5.74) is -0.634. The van der Waals surface area contributed by atoms with Crippen LogP contribution in [0.2, 0.25) is 0 Å². The summed E-state index contributed by atoms with van der Waals surface area (Å²) in [7, 11) is 3.76. The fourth-order valence-corrected chi connectivity index (χ4v) is 3.51. The zero-order valence-electron chi connectivity index (χ0n) is 17.0. The van der Waals surface area contributed by atoms with Gasteiger partial charge in [0, 0.05) is 43.0 Å². The Balaban J connectivity index is 2.14. The van der Waals surface area contributed by atoms with Crippen LogP contribution in [0, 0.1) is 0 Å². The topological polar surface area (TPSA) is 47.9 Å². The van der Waals surface area contributed by atoms with Crippen LogP contribution in [-0.4, -0.2) is 66.6 Å². The second-order valence-corrected chi connectivity index (χ2v) is 8.67. The molecule has 1 aromatic rings. The number of benzene rings is 1. The maximum atomic E-state index is 13.6. The third-order valence-corrected chi connectivity index (χ3v) is 5.72. The van der Waals surface area contributed by atoms with Crippen molar-refractivity contribution in [2.75, 3.05) is 40.3 Å². The van der Waals surface area contributed by atoms with E-state index in [1.165, 1.54) is 12.1 Å². The number of rotatable bonds is 7. The molecule has 1 heterocycles. The van der Waals surface area contributed by atoms with E-state index in [2.05, 4.69) is 31.1 Å². The average Bonchev–Trinajstić information content (AvgIpc) is 2.65. The van der Waals surface area contributed by atoms with Crippen LogP contribution in [-0.2, 0) is 12.7 Å². The second-order valence-electron chi connectivity index (χ2n) is 7.38. The number of likely N-dealkylation sites (N-methyl/N-ethyl adjacent to an activating group) is 2. The maximum absolute atomic E-state index is 13.6. The van der Waals surface area contributed by atoms with Gasteiger partial charge in [-0.15, -0.1) is 0 Å². The third-order valence-electron chi connectivity index (χ3n) is 4.94. The summed E-state index contributed by atoms with van der Waals surface area (Å²) in [4.78, 5) is 20.9. The van der Waals surface area contributed by atoms with Gasteiger partial charge in [0.2, 0.25) is 0 Å². The Bertz CT molecular complexity index is 739. The lowest BCUT2D eigenvalue weighted by Gasteiger charge is -2.23. The molecular weight excluding hydrogens is 449 g/mol. The molecule has 0 bridgehead atoms. The van der Waals surface area contributed by atoms with E-state index in [4.69, 9.17) is 0 Å². The minimum Gasteiger partial charge on any atom is -0.310 e. The number of amidine groups is 1. The van der Waals surface area contributed by atoms with Crippen LogP contribution in [0.15, 0.2) is 23.2 Å². The Labute approximate surface area is 178 Å². The van der Waals surface area contributed by atoms with E-state index in [0.29, 0.717) is 25.3 Å². The summed E-state index contributed by atoms with van der Waals surface area (Å²) in [5, 5.41) is 2.64. The van der Waals surface area contributed by atoms with Crippen LogP contribution in [0.25, 0.3) is 0 Å². The number of nitrogens with zero attached hydrogens (tertiary/aromatic N) is 3. The van der Waals surface area contributed by atoms with Crippen LogP contribution in [0.4, 0.5) is 13.2 Å². The summed E-state index contributed by atoms with van der Waals surface area (Å²) in [6.45, 7) is 5.07. The molecule has 1 atom stereocenters. The van der Waals surface area contributed by atoms with E-state index in [1.807, 2.05) is 18.9 Å². The number of hydrogen-bond donors (Lipinski definition) is 1. The Morgan fingerprint density at radius 3 is 2.59 bits per heavy atom. The molecule has 0 fully saturated rings. The third kappa shape index (κ3) is 7.38. The summed E-state index contributed by atoms with van der Waals surface area (Å²) in [5.74, 6) is -0.0686. The number of alkyl halides is 4. The molecule has 0 saturated heterocycles. The van der Waals surface area contributed by atoms with Crippen molar-refractivity contribution in [3.63, 3.8) is 0 Å². The highest BCUT2D eigenvalue weighted by molar-refractivity contribution is 9.09. The molecule has 0 aliphatic carbocycles.